The number of amides is 2. The summed E-state index contributed by atoms with van der Waals surface area (Å²) in [4.78, 5) is 26.4. The molecule has 1 rings (SSSR count). The van der Waals surface area contributed by atoms with E-state index in [0.717, 1.165) is 58.4 Å². The number of rotatable bonds is 8. The van der Waals surface area contributed by atoms with Gasteiger partial charge in [0.1, 0.15) is 0 Å². The zero-order chi connectivity index (χ0) is 14.8. The number of carboxylic acids is 1. The number of hydrogen-bond acceptors (Lipinski definition) is 3. The molecule has 0 unspecified atom stereocenters. The SMILES string of the molecule is CCN1CCN(C(=O)NCCCCCCC(=O)O)CC1. The summed E-state index contributed by atoms with van der Waals surface area (Å²) in [5, 5.41) is 11.4. The molecule has 1 saturated heterocycles. The van der Waals surface area contributed by atoms with Crippen LogP contribution in [0.3, 0.4) is 0 Å². The smallest absolute Gasteiger partial charge is 0.317 e. The molecule has 0 spiro atoms. The fraction of sp³-hybridized carbons (Fsp3) is 0.857. The van der Waals surface area contributed by atoms with E-state index in [4.69, 9.17) is 5.11 Å². The molecule has 0 radical (unpaired) electrons. The molecule has 0 aromatic heterocycles. The lowest BCUT2D eigenvalue weighted by Gasteiger charge is -2.34. The number of urea groups is 1. The minimum absolute atomic E-state index is 0.0336. The highest BCUT2D eigenvalue weighted by atomic mass is 16.4. The molecule has 20 heavy (non-hydrogen) atoms. The van der Waals surface area contributed by atoms with Gasteiger partial charge in [-0.2, -0.15) is 0 Å². The number of likely N-dealkylation sites (N-methyl/N-ethyl adjacent to an activating group) is 1. The van der Waals surface area contributed by atoms with Crippen LogP contribution in [0.2, 0.25) is 0 Å². The first-order chi connectivity index (χ1) is 9.63. The largest absolute Gasteiger partial charge is 0.481 e. The van der Waals surface area contributed by atoms with Crippen molar-refractivity contribution in [3.8, 4) is 0 Å². The van der Waals surface area contributed by atoms with E-state index in [0.29, 0.717) is 6.54 Å². The maximum atomic E-state index is 11.9. The number of carbonyl (C=O) groups is 2. The Labute approximate surface area is 121 Å². The van der Waals surface area contributed by atoms with Crippen LogP contribution >= 0.6 is 0 Å². The van der Waals surface area contributed by atoms with Gasteiger partial charge in [0.25, 0.3) is 0 Å². The van der Waals surface area contributed by atoms with E-state index >= 15 is 0 Å². The normalized spacial score (nSPS) is 16.1. The van der Waals surface area contributed by atoms with Crippen LogP contribution in [0.25, 0.3) is 0 Å². The molecular formula is C14H27N3O3. The first kappa shape index (κ1) is 16.8. The Morgan fingerprint density at radius 1 is 1.05 bits per heavy atom. The minimum atomic E-state index is -0.732. The maximum absolute atomic E-state index is 11.9. The third-order valence-corrected chi connectivity index (χ3v) is 3.70. The quantitative estimate of drug-likeness (QED) is 0.661. The zero-order valence-electron chi connectivity index (χ0n) is 12.4. The van der Waals surface area contributed by atoms with E-state index in [-0.39, 0.29) is 12.5 Å². The van der Waals surface area contributed by atoms with Gasteiger partial charge < -0.3 is 20.2 Å². The summed E-state index contributed by atoms with van der Waals surface area (Å²) >= 11 is 0. The summed E-state index contributed by atoms with van der Waals surface area (Å²) in [5.74, 6) is -0.732. The van der Waals surface area contributed by atoms with Crippen LogP contribution in [0.1, 0.15) is 39.0 Å². The molecule has 2 amide bonds. The topological polar surface area (TPSA) is 72.9 Å². The van der Waals surface area contributed by atoms with Gasteiger partial charge in [-0.25, -0.2) is 4.79 Å². The van der Waals surface area contributed by atoms with Crippen molar-refractivity contribution in [1.29, 1.82) is 0 Å². The molecule has 0 aromatic carbocycles. The number of nitrogens with one attached hydrogen (secondary N) is 1. The van der Waals surface area contributed by atoms with Gasteiger partial charge >= 0.3 is 12.0 Å². The first-order valence-corrected chi connectivity index (χ1v) is 7.60. The van der Waals surface area contributed by atoms with Crippen molar-refractivity contribution in [3.05, 3.63) is 0 Å². The van der Waals surface area contributed by atoms with Gasteiger partial charge in [-0.3, -0.25) is 4.79 Å². The number of carbonyl (C=O) groups excluding carboxylic acids is 1. The molecule has 0 bridgehead atoms. The predicted molar refractivity (Wildman–Crippen MR) is 77.8 cm³/mol. The Kier molecular flexibility index (Phi) is 8.02. The van der Waals surface area contributed by atoms with Gasteiger partial charge in [0.15, 0.2) is 0 Å². The minimum Gasteiger partial charge on any atom is -0.481 e. The number of hydrogen-bond donors (Lipinski definition) is 2. The van der Waals surface area contributed by atoms with Crippen LogP contribution in [0.4, 0.5) is 4.79 Å². The molecular weight excluding hydrogens is 258 g/mol. The Hall–Kier alpha value is -1.30. The van der Waals surface area contributed by atoms with Gasteiger partial charge in [0, 0.05) is 39.1 Å². The lowest BCUT2D eigenvalue weighted by molar-refractivity contribution is -0.137. The van der Waals surface area contributed by atoms with E-state index in [2.05, 4.69) is 17.1 Å². The van der Waals surface area contributed by atoms with Crippen molar-refractivity contribution in [3.63, 3.8) is 0 Å². The average Bonchev–Trinajstić information content (AvgIpc) is 2.45. The molecule has 6 heteroatoms. The fourth-order valence-corrected chi connectivity index (χ4v) is 2.33. The van der Waals surface area contributed by atoms with E-state index in [9.17, 15) is 9.59 Å². The molecule has 0 atom stereocenters. The van der Waals surface area contributed by atoms with Gasteiger partial charge in [0.05, 0.1) is 0 Å². The molecule has 1 aliphatic heterocycles. The van der Waals surface area contributed by atoms with Crippen LogP contribution in [0.15, 0.2) is 0 Å². The number of nitrogens with zero attached hydrogens (tertiary/aromatic N) is 2. The van der Waals surface area contributed by atoms with Crippen molar-refractivity contribution in [2.24, 2.45) is 0 Å². The predicted octanol–water partition coefficient (Wildman–Crippen LogP) is 1.37. The van der Waals surface area contributed by atoms with Crippen molar-refractivity contribution >= 4 is 12.0 Å². The van der Waals surface area contributed by atoms with Crippen molar-refractivity contribution in [2.75, 3.05) is 39.3 Å². The molecule has 0 aliphatic carbocycles. The zero-order valence-corrected chi connectivity index (χ0v) is 12.4. The molecule has 116 valence electrons. The highest BCUT2D eigenvalue weighted by Gasteiger charge is 2.19. The van der Waals surface area contributed by atoms with Crippen molar-refractivity contribution in [2.45, 2.75) is 39.0 Å². The Bertz CT molecular complexity index is 302. The van der Waals surface area contributed by atoms with Gasteiger partial charge in [-0.15, -0.1) is 0 Å². The average molecular weight is 285 g/mol. The monoisotopic (exact) mass is 285 g/mol. The lowest BCUT2D eigenvalue weighted by Crippen LogP contribution is -2.51. The second-order valence-electron chi connectivity index (χ2n) is 5.21. The third kappa shape index (κ3) is 6.75. The molecule has 1 fully saturated rings. The lowest BCUT2D eigenvalue weighted by atomic mass is 10.1. The molecule has 0 aromatic rings. The molecule has 6 nitrogen and oxygen atoms in total. The second-order valence-corrected chi connectivity index (χ2v) is 5.21. The van der Waals surface area contributed by atoms with Gasteiger partial charge in [-0.05, 0) is 19.4 Å². The number of aliphatic carboxylic acids is 1. The van der Waals surface area contributed by atoms with Crippen LogP contribution in [-0.2, 0) is 4.79 Å². The Morgan fingerprint density at radius 2 is 1.70 bits per heavy atom. The van der Waals surface area contributed by atoms with Crippen molar-refractivity contribution in [1.82, 2.24) is 15.1 Å². The van der Waals surface area contributed by atoms with Crippen LogP contribution in [0.5, 0.6) is 0 Å². The molecule has 0 saturated carbocycles. The Morgan fingerprint density at radius 3 is 2.30 bits per heavy atom. The molecule has 1 aliphatic rings. The van der Waals surface area contributed by atoms with E-state index < -0.39 is 5.97 Å². The second kappa shape index (κ2) is 9.58. The van der Waals surface area contributed by atoms with E-state index in [1.54, 1.807) is 0 Å². The highest BCUT2D eigenvalue weighted by Crippen LogP contribution is 2.03. The Balaban J connectivity index is 1.99. The summed E-state index contributed by atoms with van der Waals surface area (Å²) < 4.78 is 0. The van der Waals surface area contributed by atoms with Gasteiger partial charge in [0.2, 0.25) is 0 Å². The number of piperazine rings is 1. The summed E-state index contributed by atoms with van der Waals surface area (Å²) in [7, 11) is 0. The summed E-state index contributed by atoms with van der Waals surface area (Å²) in [6.07, 6.45) is 3.77. The van der Waals surface area contributed by atoms with Crippen LogP contribution in [-0.4, -0.2) is 66.2 Å². The molecule has 2 N–H and O–H groups in total. The summed E-state index contributed by atoms with van der Waals surface area (Å²) in [6.45, 7) is 7.39. The molecule has 1 heterocycles. The number of unbranched alkanes of at least 4 members (excludes halogenated alkanes) is 3. The van der Waals surface area contributed by atoms with E-state index in [1.807, 2.05) is 4.90 Å². The fourth-order valence-electron chi connectivity index (χ4n) is 2.33. The first-order valence-electron chi connectivity index (χ1n) is 7.60. The summed E-state index contributed by atoms with van der Waals surface area (Å²) in [5.41, 5.74) is 0. The standard InChI is InChI=1S/C14H27N3O3/c1-2-16-9-11-17(12-10-16)14(20)15-8-6-4-3-5-7-13(18)19/h2-12H2,1H3,(H,15,20)(H,18,19). The van der Waals surface area contributed by atoms with E-state index in [1.165, 1.54) is 0 Å². The third-order valence-electron chi connectivity index (χ3n) is 3.70. The highest BCUT2D eigenvalue weighted by molar-refractivity contribution is 5.74. The van der Waals surface area contributed by atoms with Crippen LogP contribution in [0, 0.1) is 0 Å². The van der Waals surface area contributed by atoms with Crippen LogP contribution < -0.4 is 5.32 Å². The van der Waals surface area contributed by atoms with Gasteiger partial charge in [-0.1, -0.05) is 19.8 Å². The van der Waals surface area contributed by atoms with Crippen molar-refractivity contribution < 1.29 is 14.7 Å². The number of carboxylic acid groups (broad SMARTS) is 1. The summed E-state index contributed by atoms with van der Waals surface area (Å²) in [6, 6.07) is 0.0336. The maximum Gasteiger partial charge on any atom is 0.317 e.